The molecule has 110 valence electrons. The van der Waals surface area contributed by atoms with Crippen LogP contribution in [0.4, 0.5) is 0 Å². The number of aryl methyl sites for hydroxylation is 1. The van der Waals surface area contributed by atoms with Crippen LogP contribution < -0.4 is 4.74 Å². The van der Waals surface area contributed by atoms with E-state index in [1.807, 2.05) is 32.0 Å². The van der Waals surface area contributed by atoms with Crippen molar-refractivity contribution in [2.75, 3.05) is 0 Å². The van der Waals surface area contributed by atoms with Gasteiger partial charge in [0.1, 0.15) is 5.75 Å². The molecule has 4 heteroatoms. The maximum Gasteiger partial charge on any atom is 0.345 e. The molecule has 0 aliphatic heterocycles. The molecule has 1 atom stereocenters. The summed E-state index contributed by atoms with van der Waals surface area (Å²) in [6.07, 6.45) is -0.626. The molecule has 0 aliphatic carbocycles. The highest BCUT2D eigenvalue weighted by molar-refractivity contribution is 6.30. The predicted octanol–water partition coefficient (Wildman–Crippen LogP) is 4.03. The third-order valence-electron chi connectivity index (χ3n) is 3.47. The Hall–Kier alpha value is -2.00. The van der Waals surface area contributed by atoms with Gasteiger partial charge in [0, 0.05) is 11.4 Å². The third kappa shape index (κ3) is 3.99. The summed E-state index contributed by atoms with van der Waals surface area (Å²) in [5, 5.41) is 9.88. The minimum atomic E-state index is -0.990. The molecule has 1 N–H and O–H groups in total. The first-order valence-corrected chi connectivity index (χ1v) is 7.05. The first-order valence-electron chi connectivity index (χ1n) is 6.67. The van der Waals surface area contributed by atoms with Crippen LogP contribution in [-0.4, -0.2) is 17.2 Å². The molecule has 0 saturated carbocycles. The van der Waals surface area contributed by atoms with Crippen molar-refractivity contribution in [3.05, 3.63) is 64.2 Å². The van der Waals surface area contributed by atoms with E-state index >= 15 is 0 Å². The van der Waals surface area contributed by atoms with Crippen LogP contribution >= 0.6 is 11.6 Å². The van der Waals surface area contributed by atoms with Crippen molar-refractivity contribution in [2.45, 2.75) is 26.4 Å². The zero-order valence-corrected chi connectivity index (χ0v) is 12.7. The molecule has 0 bridgehead atoms. The molecule has 0 heterocycles. The van der Waals surface area contributed by atoms with Gasteiger partial charge in [-0.2, -0.15) is 0 Å². The molecule has 2 aromatic rings. The lowest BCUT2D eigenvalue weighted by molar-refractivity contribution is -0.145. The van der Waals surface area contributed by atoms with E-state index in [0.717, 1.165) is 16.7 Å². The van der Waals surface area contributed by atoms with Gasteiger partial charge in [-0.15, -0.1) is 0 Å². The Labute approximate surface area is 129 Å². The van der Waals surface area contributed by atoms with E-state index in [4.69, 9.17) is 16.3 Å². The second-order valence-corrected chi connectivity index (χ2v) is 5.40. The minimum absolute atomic E-state index is 0.315. The van der Waals surface area contributed by atoms with Gasteiger partial charge in [0.2, 0.25) is 0 Å². The molecule has 0 spiro atoms. The molecule has 21 heavy (non-hydrogen) atoms. The Morgan fingerprint density at radius 3 is 2.62 bits per heavy atom. The van der Waals surface area contributed by atoms with Crippen LogP contribution in [0, 0.1) is 13.8 Å². The molecular formula is C17H17ClO3. The molecule has 0 saturated heterocycles. The zero-order chi connectivity index (χ0) is 15.4. The number of hydrogen-bond donors (Lipinski definition) is 1. The van der Waals surface area contributed by atoms with Crippen molar-refractivity contribution in [3.63, 3.8) is 0 Å². The van der Waals surface area contributed by atoms with E-state index in [1.54, 1.807) is 24.3 Å². The van der Waals surface area contributed by atoms with E-state index in [9.17, 15) is 9.90 Å². The topological polar surface area (TPSA) is 46.5 Å². The number of ether oxygens (including phenoxy) is 1. The molecule has 0 unspecified atom stereocenters. The summed E-state index contributed by atoms with van der Waals surface area (Å²) < 4.78 is 5.57. The molecular weight excluding hydrogens is 288 g/mol. The molecule has 3 nitrogen and oxygen atoms in total. The molecule has 0 amide bonds. The lowest BCUT2D eigenvalue weighted by atomic mass is 9.98. The third-order valence-corrected chi connectivity index (χ3v) is 3.71. The highest BCUT2D eigenvalue weighted by Crippen LogP contribution is 2.21. The fourth-order valence-electron chi connectivity index (χ4n) is 2.12. The summed E-state index contributed by atoms with van der Waals surface area (Å²) in [7, 11) is 0. The van der Waals surface area contributed by atoms with Gasteiger partial charge in [-0.05, 0) is 48.7 Å². The molecule has 0 aromatic heterocycles. The van der Waals surface area contributed by atoms with Crippen molar-refractivity contribution in [1.29, 1.82) is 0 Å². The Morgan fingerprint density at radius 2 is 1.95 bits per heavy atom. The SMILES string of the molecule is Cc1cccc(C[C@@H](Oc2cccc(Cl)c2)C(=O)O)c1C. The summed E-state index contributed by atoms with van der Waals surface area (Å²) in [6.45, 7) is 4.00. The lowest BCUT2D eigenvalue weighted by Gasteiger charge is -2.17. The highest BCUT2D eigenvalue weighted by atomic mass is 35.5. The maximum absolute atomic E-state index is 11.4. The fourth-order valence-corrected chi connectivity index (χ4v) is 2.30. The van der Waals surface area contributed by atoms with Crippen LogP contribution in [0.15, 0.2) is 42.5 Å². The number of carbonyl (C=O) groups is 1. The number of carboxylic acid groups (broad SMARTS) is 1. The van der Waals surface area contributed by atoms with E-state index in [1.165, 1.54) is 0 Å². The molecule has 2 aromatic carbocycles. The number of benzene rings is 2. The van der Waals surface area contributed by atoms with Gasteiger partial charge in [-0.25, -0.2) is 4.79 Å². The van der Waals surface area contributed by atoms with E-state index in [0.29, 0.717) is 17.2 Å². The van der Waals surface area contributed by atoms with Crippen LogP contribution in [0.2, 0.25) is 5.02 Å². The van der Waals surface area contributed by atoms with Gasteiger partial charge in [0.15, 0.2) is 6.10 Å². The van der Waals surface area contributed by atoms with Crippen molar-refractivity contribution in [2.24, 2.45) is 0 Å². The maximum atomic E-state index is 11.4. The van der Waals surface area contributed by atoms with Crippen LogP contribution in [0.3, 0.4) is 0 Å². The Balaban J connectivity index is 2.20. The van der Waals surface area contributed by atoms with E-state index < -0.39 is 12.1 Å². The van der Waals surface area contributed by atoms with Gasteiger partial charge in [-0.1, -0.05) is 35.9 Å². The van der Waals surface area contributed by atoms with E-state index in [-0.39, 0.29) is 0 Å². The zero-order valence-electron chi connectivity index (χ0n) is 12.0. The predicted molar refractivity (Wildman–Crippen MR) is 83.1 cm³/mol. The second kappa shape index (κ2) is 6.64. The van der Waals surface area contributed by atoms with Gasteiger partial charge in [0.05, 0.1) is 0 Å². The normalized spacial score (nSPS) is 12.0. The van der Waals surface area contributed by atoms with Crippen molar-refractivity contribution < 1.29 is 14.6 Å². The van der Waals surface area contributed by atoms with Gasteiger partial charge in [0.25, 0.3) is 0 Å². The van der Waals surface area contributed by atoms with E-state index in [2.05, 4.69) is 0 Å². The number of halogens is 1. The summed E-state index contributed by atoms with van der Waals surface area (Å²) in [6, 6.07) is 12.6. The van der Waals surface area contributed by atoms with Crippen LogP contribution in [0.1, 0.15) is 16.7 Å². The first kappa shape index (κ1) is 15.4. The molecule has 0 aliphatic rings. The molecule has 0 radical (unpaired) electrons. The minimum Gasteiger partial charge on any atom is -0.478 e. The second-order valence-electron chi connectivity index (χ2n) is 4.97. The summed E-state index contributed by atoms with van der Waals surface area (Å²) in [5.41, 5.74) is 3.21. The Morgan fingerprint density at radius 1 is 1.24 bits per heavy atom. The summed E-state index contributed by atoms with van der Waals surface area (Å²) in [4.78, 5) is 11.4. The quantitative estimate of drug-likeness (QED) is 0.907. The van der Waals surface area contributed by atoms with Gasteiger partial charge in [-0.3, -0.25) is 0 Å². The average molecular weight is 305 g/mol. The fraction of sp³-hybridized carbons (Fsp3) is 0.235. The summed E-state index contributed by atoms with van der Waals surface area (Å²) >= 11 is 5.89. The van der Waals surface area contributed by atoms with Crippen molar-refractivity contribution in [3.8, 4) is 5.75 Å². The Kier molecular flexibility index (Phi) is 4.86. The number of rotatable bonds is 5. The molecule has 2 rings (SSSR count). The monoisotopic (exact) mass is 304 g/mol. The Bertz CT molecular complexity index is 652. The largest absolute Gasteiger partial charge is 0.478 e. The van der Waals surface area contributed by atoms with Gasteiger partial charge >= 0.3 is 5.97 Å². The van der Waals surface area contributed by atoms with Crippen LogP contribution in [0.5, 0.6) is 5.75 Å². The average Bonchev–Trinajstić information content (AvgIpc) is 2.43. The van der Waals surface area contributed by atoms with Crippen LogP contribution in [-0.2, 0) is 11.2 Å². The van der Waals surface area contributed by atoms with Crippen molar-refractivity contribution >= 4 is 17.6 Å². The van der Waals surface area contributed by atoms with Crippen LogP contribution in [0.25, 0.3) is 0 Å². The number of carboxylic acids is 1. The first-order chi connectivity index (χ1) is 9.97. The standard InChI is InChI=1S/C17H17ClO3/c1-11-5-3-6-13(12(11)2)9-16(17(19)20)21-15-8-4-7-14(18)10-15/h3-8,10,16H,9H2,1-2H3,(H,19,20)/t16-/m1/s1. The van der Waals surface area contributed by atoms with Crippen molar-refractivity contribution in [1.82, 2.24) is 0 Å². The van der Waals surface area contributed by atoms with Gasteiger partial charge < -0.3 is 9.84 Å². The molecule has 0 fully saturated rings. The highest BCUT2D eigenvalue weighted by Gasteiger charge is 2.21. The lowest BCUT2D eigenvalue weighted by Crippen LogP contribution is -2.29. The smallest absolute Gasteiger partial charge is 0.345 e. The number of aliphatic carboxylic acids is 1. The summed E-state index contributed by atoms with van der Waals surface area (Å²) in [5.74, 6) is -0.531. The number of hydrogen-bond acceptors (Lipinski definition) is 2.